The minimum Gasteiger partial charge on any atom is -0.494 e. The topological polar surface area (TPSA) is 46.6 Å². The molecule has 0 saturated carbocycles. The maximum atomic E-state index is 12.7. The molecule has 218 valence electrons. The van der Waals surface area contributed by atoms with E-state index in [0.29, 0.717) is 6.42 Å². The third-order valence-corrected chi connectivity index (χ3v) is 7.62. The first-order chi connectivity index (χ1) is 20.2. The number of imidazole rings is 1. The fraction of sp³-hybridized carbons (Fsp3) is 0.444. The molecule has 0 aliphatic rings. The number of aromatic nitrogens is 2. The smallest absolute Gasteiger partial charge is 0.249 e. The minimum absolute atomic E-state index is 0.0189. The van der Waals surface area contributed by atoms with E-state index in [1.54, 1.807) is 0 Å². The van der Waals surface area contributed by atoms with Crippen molar-refractivity contribution in [3.63, 3.8) is 0 Å². The van der Waals surface area contributed by atoms with Crippen LogP contribution in [0.15, 0.2) is 85.5 Å². The van der Waals surface area contributed by atoms with Gasteiger partial charge in [-0.15, -0.1) is 0 Å². The summed E-state index contributed by atoms with van der Waals surface area (Å²) in [4.78, 5) is 12.7. The second-order valence-electron chi connectivity index (χ2n) is 11.3. The van der Waals surface area contributed by atoms with Crippen LogP contribution in [0.3, 0.4) is 0 Å². The lowest BCUT2D eigenvalue weighted by Gasteiger charge is -2.09. The molecule has 0 fully saturated rings. The molecule has 5 heteroatoms. The number of ether oxygens (including phenoxy) is 1. The molecule has 41 heavy (non-hydrogen) atoms. The zero-order valence-corrected chi connectivity index (χ0v) is 24.9. The van der Waals surface area contributed by atoms with Gasteiger partial charge in [0.25, 0.3) is 0 Å². The summed E-state index contributed by atoms with van der Waals surface area (Å²) in [5.74, 6) is 0.857. The SMILES string of the molecule is CCCCCCCCCCCCCCOc1ccc(CC(=O)Nc2cccc(C[n+]3cc4ccccn4c3)c2)cc1. The van der Waals surface area contributed by atoms with Crippen LogP contribution in [-0.4, -0.2) is 16.9 Å². The Labute approximate surface area is 246 Å². The van der Waals surface area contributed by atoms with Crippen LogP contribution in [0.25, 0.3) is 5.52 Å². The van der Waals surface area contributed by atoms with Gasteiger partial charge in [0.15, 0.2) is 5.52 Å². The van der Waals surface area contributed by atoms with Crippen molar-refractivity contribution in [2.75, 3.05) is 11.9 Å². The van der Waals surface area contributed by atoms with Crippen molar-refractivity contribution in [3.8, 4) is 5.75 Å². The number of benzene rings is 2. The Morgan fingerprint density at radius 2 is 1.49 bits per heavy atom. The van der Waals surface area contributed by atoms with Gasteiger partial charge in [-0.05, 0) is 53.9 Å². The normalized spacial score (nSPS) is 11.1. The third-order valence-electron chi connectivity index (χ3n) is 7.62. The number of carbonyl (C=O) groups is 1. The average molecular weight is 555 g/mol. The van der Waals surface area contributed by atoms with Gasteiger partial charge in [-0.3, -0.25) is 4.79 Å². The van der Waals surface area contributed by atoms with Crippen molar-refractivity contribution in [2.24, 2.45) is 0 Å². The van der Waals surface area contributed by atoms with Crippen molar-refractivity contribution in [1.29, 1.82) is 0 Å². The number of carbonyl (C=O) groups excluding carboxylic acids is 1. The summed E-state index contributed by atoms with van der Waals surface area (Å²) in [7, 11) is 0. The van der Waals surface area contributed by atoms with Gasteiger partial charge in [-0.1, -0.05) is 108 Å². The number of rotatable bonds is 19. The maximum absolute atomic E-state index is 12.7. The van der Waals surface area contributed by atoms with Gasteiger partial charge >= 0.3 is 0 Å². The number of anilines is 1. The van der Waals surface area contributed by atoms with Crippen molar-refractivity contribution in [3.05, 3.63) is 96.6 Å². The van der Waals surface area contributed by atoms with Crippen molar-refractivity contribution >= 4 is 17.1 Å². The summed E-state index contributed by atoms with van der Waals surface area (Å²) in [5.41, 5.74) is 4.09. The Balaban J connectivity index is 1.09. The Hall–Kier alpha value is -3.60. The number of pyridine rings is 1. The van der Waals surface area contributed by atoms with Crippen LogP contribution in [0, 0.1) is 0 Å². The Morgan fingerprint density at radius 1 is 0.780 bits per heavy atom. The van der Waals surface area contributed by atoms with Crippen molar-refractivity contribution in [2.45, 2.75) is 96.9 Å². The van der Waals surface area contributed by atoms with E-state index in [1.807, 2.05) is 60.8 Å². The molecule has 0 aliphatic carbocycles. The molecule has 0 saturated heterocycles. The van der Waals surface area contributed by atoms with Gasteiger partial charge < -0.3 is 10.1 Å². The summed E-state index contributed by atoms with van der Waals surface area (Å²) in [5, 5.41) is 3.05. The second kappa shape index (κ2) is 17.3. The highest BCUT2D eigenvalue weighted by molar-refractivity contribution is 5.92. The fourth-order valence-corrected chi connectivity index (χ4v) is 5.32. The fourth-order valence-electron chi connectivity index (χ4n) is 5.32. The quantitative estimate of drug-likeness (QED) is 0.0932. The van der Waals surface area contributed by atoms with Crippen LogP contribution in [-0.2, 0) is 17.8 Å². The van der Waals surface area contributed by atoms with E-state index in [1.165, 1.54) is 70.6 Å². The number of unbranched alkanes of at least 4 members (excludes halogenated alkanes) is 11. The molecular formula is C36H48N3O2+. The van der Waals surface area contributed by atoms with E-state index >= 15 is 0 Å². The zero-order chi connectivity index (χ0) is 28.5. The number of nitrogens with zero attached hydrogens (tertiary/aromatic N) is 2. The molecule has 0 unspecified atom stereocenters. The molecule has 0 aliphatic heterocycles. The summed E-state index contributed by atoms with van der Waals surface area (Å²) >= 11 is 0. The molecule has 0 bridgehead atoms. The van der Waals surface area contributed by atoms with Gasteiger partial charge in [0, 0.05) is 5.69 Å². The summed E-state index contributed by atoms with van der Waals surface area (Å²) < 4.78 is 10.2. The molecule has 0 atom stereocenters. The highest BCUT2D eigenvalue weighted by atomic mass is 16.5. The molecule has 5 nitrogen and oxygen atoms in total. The summed E-state index contributed by atoms with van der Waals surface area (Å²) in [6.07, 6.45) is 22.7. The first kappa shape index (κ1) is 30.4. The Kier molecular flexibility index (Phi) is 12.8. The predicted octanol–water partition coefficient (Wildman–Crippen LogP) is 8.54. The van der Waals surface area contributed by atoms with Crippen LogP contribution in [0.5, 0.6) is 5.75 Å². The van der Waals surface area contributed by atoms with Crippen LogP contribution in [0.1, 0.15) is 95.1 Å². The number of amides is 1. The molecule has 4 rings (SSSR count). The van der Waals surface area contributed by atoms with Gasteiger partial charge in [-0.25, -0.2) is 8.97 Å². The Bertz CT molecular complexity index is 1280. The van der Waals surface area contributed by atoms with Crippen molar-refractivity contribution < 1.29 is 14.1 Å². The number of hydrogen-bond donors (Lipinski definition) is 1. The summed E-state index contributed by atoms with van der Waals surface area (Å²) in [6, 6.07) is 22.1. The van der Waals surface area contributed by atoms with Crippen LogP contribution in [0.4, 0.5) is 5.69 Å². The molecule has 1 amide bonds. The number of hydrogen-bond acceptors (Lipinski definition) is 2. The van der Waals surface area contributed by atoms with Gasteiger partial charge in [0.2, 0.25) is 12.2 Å². The van der Waals surface area contributed by atoms with E-state index < -0.39 is 0 Å². The van der Waals surface area contributed by atoms with E-state index in [9.17, 15) is 4.79 Å². The van der Waals surface area contributed by atoms with Gasteiger partial charge in [0.05, 0.1) is 19.2 Å². The predicted molar refractivity (Wildman–Crippen MR) is 168 cm³/mol. The molecule has 2 aromatic heterocycles. The Morgan fingerprint density at radius 3 is 2.20 bits per heavy atom. The molecule has 4 aromatic rings. The minimum atomic E-state index is -0.0189. The average Bonchev–Trinajstić information content (AvgIpc) is 3.39. The largest absolute Gasteiger partial charge is 0.494 e. The maximum Gasteiger partial charge on any atom is 0.249 e. The first-order valence-corrected chi connectivity index (χ1v) is 15.8. The zero-order valence-electron chi connectivity index (χ0n) is 24.9. The lowest BCUT2D eigenvalue weighted by atomic mass is 10.1. The van der Waals surface area contributed by atoms with Crippen molar-refractivity contribution in [1.82, 2.24) is 4.40 Å². The molecule has 1 N–H and O–H groups in total. The molecule has 0 spiro atoms. The summed E-state index contributed by atoms with van der Waals surface area (Å²) in [6.45, 7) is 3.77. The molecular weight excluding hydrogens is 506 g/mol. The monoisotopic (exact) mass is 554 g/mol. The molecule has 2 heterocycles. The van der Waals surface area contributed by atoms with E-state index in [-0.39, 0.29) is 5.91 Å². The number of fused-ring (bicyclic) bond motifs is 1. The van der Waals surface area contributed by atoms with Crippen LogP contribution in [0.2, 0.25) is 0 Å². The highest BCUT2D eigenvalue weighted by Crippen LogP contribution is 2.16. The standard InChI is InChI=1S/C36H47N3O2/c1-2-3-4-5-6-7-8-9-10-11-12-15-25-41-35-22-20-31(21-23-35)27-36(40)37-33-18-16-17-32(26-33)28-38-29-34-19-13-14-24-39(34)30-38/h13-14,16-24,26,29-30H,2-12,15,25,27-28H2,1H3/p+1. The third kappa shape index (κ3) is 11.1. The molecule has 0 radical (unpaired) electrons. The van der Waals surface area contributed by atoms with E-state index in [2.05, 4.69) is 45.9 Å². The van der Waals surface area contributed by atoms with E-state index in [0.717, 1.165) is 47.7 Å². The lowest BCUT2D eigenvalue weighted by Crippen LogP contribution is -2.31. The lowest BCUT2D eigenvalue weighted by molar-refractivity contribution is -0.686. The van der Waals surface area contributed by atoms with Crippen LogP contribution < -0.4 is 14.6 Å². The first-order valence-electron chi connectivity index (χ1n) is 15.8. The van der Waals surface area contributed by atoms with E-state index in [4.69, 9.17) is 4.74 Å². The second-order valence-corrected chi connectivity index (χ2v) is 11.3. The van der Waals surface area contributed by atoms with Gasteiger partial charge in [-0.2, -0.15) is 0 Å². The van der Waals surface area contributed by atoms with Crippen LogP contribution >= 0.6 is 0 Å². The number of nitrogens with one attached hydrogen (secondary N) is 1. The molecule has 2 aromatic carbocycles. The van der Waals surface area contributed by atoms with Gasteiger partial charge in [0.1, 0.15) is 18.5 Å². The highest BCUT2D eigenvalue weighted by Gasteiger charge is 2.09.